The van der Waals surface area contributed by atoms with E-state index in [-0.39, 0.29) is 23.5 Å². The Morgan fingerprint density at radius 1 is 1.36 bits per heavy atom. The van der Waals surface area contributed by atoms with Crippen LogP contribution in [0.4, 0.5) is 0 Å². The van der Waals surface area contributed by atoms with Crippen molar-refractivity contribution in [2.24, 2.45) is 5.92 Å². The number of carbonyl (C=O) groups is 3. The average molecular weight is 344 g/mol. The Morgan fingerprint density at radius 2 is 2.09 bits per heavy atom. The van der Waals surface area contributed by atoms with Gasteiger partial charge in [-0.15, -0.1) is 23.1 Å². The van der Waals surface area contributed by atoms with Gasteiger partial charge >= 0.3 is 5.97 Å². The van der Waals surface area contributed by atoms with E-state index in [1.807, 2.05) is 13.8 Å². The van der Waals surface area contributed by atoms with Crippen LogP contribution in [0, 0.1) is 5.92 Å². The number of hydrogen-bond acceptors (Lipinski definition) is 5. The van der Waals surface area contributed by atoms with E-state index in [0.717, 1.165) is 0 Å². The van der Waals surface area contributed by atoms with Crippen LogP contribution in [-0.2, 0) is 9.59 Å². The predicted octanol–water partition coefficient (Wildman–Crippen LogP) is 1.44. The quantitative estimate of drug-likeness (QED) is 0.589. The molecule has 0 spiro atoms. The van der Waals surface area contributed by atoms with Crippen LogP contribution in [0.15, 0.2) is 17.5 Å². The number of carbonyl (C=O) groups excluding carboxylic acids is 2. The third-order valence-corrected chi connectivity index (χ3v) is 4.56. The molecule has 1 aromatic heterocycles. The Kier molecular flexibility index (Phi) is 7.97. The molecule has 0 saturated carbocycles. The maximum absolute atomic E-state index is 12.1. The van der Waals surface area contributed by atoms with E-state index in [1.54, 1.807) is 17.5 Å². The van der Waals surface area contributed by atoms with Crippen LogP contribution >= 0.6 is 23.1 Å². The van der Waals surface area contributed by atoms with Gasteiger partial charge in [0.25, 0.3) is 5.91 Å². The number of aliphatic carboxylic acids is 1. The molecule has 0 aliphatic rings. The number of thioether (sulfide) groups is 1. The monoisotopic (exact) mass is 344 g/mol. The van der Waals surface area contributed by atoms with Gasteiger partial charge in [-0.1, -0.05) is 19.9 Å². The van der Waals surface area contributed by atoms with E-state index in [4.69, 9.17) is 5.11 Å². The molecular formula is C14H20N2O4S2. The predicted molar refractivity (Wildman–Crippen MR) is 88.4 cm³/mol. The third kappa shape index (κ3) is 6.48. The zero-order valence-electron chi connectivity index (χ0n) is 12.5. The first kappa shape index (κ1) is 18.5. The number of rotatable bonds is 9. The van der Waals surface area contributed by atoms with Gasteiger partial charge in [0.15, 0.2) is 0 Å². The lowest BCUT2D eigenvalue weighted by atomic mass is 10.0. The fourth-order valence-corrected chi connectivity index (χ4v) is 2.86. The number of amides is 2. The lowest BCUT2D eigenvalue weighted by Gasteiger charge is -2.21. The molecule has 0 radical (unpaired) electrons. The lowest BCUT2D eigenvalue weighted by Crippen LogP contribution is -2.50. The molecule has 2 amide bonds. The molecule has 6 nitrogen and oxygen atoms in total. The Labute approximate surface area is 137 Å². The summed E-state index contributed by atoms with van der Waals surface area (Å²) >= 11 is 2.56. The van der Waals surface area contributed by atoms with Crippen molar-refractivity contribution in [3.05, 3.63) is 22.4 Å². The maximum Gasteiger partial charge on any atom is 0.313 e. The van der Waals surface area contributed by atoms with Crippen LogP contribution in [0.1, 0.15) is 23.5 Å². The van der Waals surface area contributed by atoms with Crippen molar-refractivity contribution in [2.75, 3.05) is 18.1 Å². The van der Waals surface area contributed by atoms with Gasteiger partial charge < -0.3 is 15.7 Å². The first-order valence-electron chi connectivity index (χ1n) is 6.83. The second-order valence-electron chi connectivity index (χ2n) is 4.91. The van der Waals surface area contributed by atoms with Crippen LogP contribution in [0.25, 0.3) is 0 Å². The SMILES string of the molecule is CC(C)C(NC(=O)c1cccs1)C(=O)NCCSCC(=O)O. The molecular weight excluding hydrogens is 324 g/mol. The molecule has 1 atom stereocenters. The third-order valence-electron chi connectivity index (χ3n) is 2.75. The van der Waals surface area contributed by atoms with Gasteiger partial charge in [0.1, 0.15) is 6.04 Å². The summed E-state index contributed by atoms with van der Waals surface area (Å²) in [4.78, 5) is 35.1. The van der Waals surface area contributed by atoms with Crippen molar-refractivity contribution in [1.82, 2.24) is 10.6 Å². The van der Waals surface area contributed by atoms with E-state index in [9.17, 15) is 14.4 Å². The van der Waals surface area contributed by atoms with E-state index in [1.165, 1.54) is 23.1 Å². The summed E-state index contributed by atoms with van der Waals surface area (Å²) < 4.78 is 0. The average Bonchev–Trinajstić information content (AvgIpc) is 2.97. The van der Waals surface area contributed by atoms with Crippen molar-refractivity contribution in [1.29, 1.82) is 0 Å². The molecule has 1 heterocycles. The van der Waals surface area contributed by atoms with Gasteiger partial charge in [-0.3, -0.25) is 14.4 Å². The van der Waals surface area contributed by atoms with Gasteiger partial charge in [-0.05, 0) is 17.4 Å². The minimum absolute atomic E-state index is 0.0125. The Hall–Kier alpha value is -1.54. The first-order valence-corrected chi connectivity index (χ1v) is 8.87. The summed E-state index contributed by atoms with van der Waals surface area (Å²) in [6.07, 6.45) is 0. The summed E-state index contributed by atoms with van der Waals surface area (Å²) in [7, 11) is 0. The van der Waals surface area contributed by atoms with Gasteiger partial charge in [0.2, 0.25) is 5.91 Å². The van der Waals surface area contributed by atoms with Crippen LogP contribution in [0.2, 0.25) is 0 Å². The molecule has 3 N–H and O–H groups in total. The summed E-state index contributed by atoms with van der Waals surface area (Å²) in [5, 5.41) is 15.8. The minimum atomic E-state index is -0.875. The fraction of sp³-hybridized carbons (Fsp3) is 0.500. The van der Waals surface area contributed by atoms with Crippen molar-refractivity contribution in [3.8, 4) is 0 Å². The zero-order chi connectivity index (χ0) is 16.5. The highest BCUT2D eigenvalue weighted by Gasteiger charge is 2.24. The van der Waals surface area contributed by atoms with Gasteiger partial charge in [-0.25, -0.2) is 0 Å². The molecule has 122 valence electrons. The molecule has 0 aromatic carbocycles. The number of carboxylic acid groups (broad SMARTS) is 1. The Balaban J connectivity index is 2.43. The van der Waals surface area contributed by atoms with Crippen LogP contribution in [0.5, 0.6) is 0 Å². The fourth-order valence-electron chi connectivity index (χ4n) is 1.67. The zero-order valence-corrected chi connectivity index (χ0v) is 14.1. The van der Waals surface area contributed by atoms with E-state index in [2.05, 4.69) is 10.6 Å². The van der Waals surface area contributed by atoms with E-state index >= 15 is 0 Å². The van der Waals surface area contributed by atoms with Gasteiger partial charge in [0.05, 0.1) is 10.6 Å². The second-order valence-corrected chi connectivity index (χ2v) is 6.96. The number of carboxylic acids is 1. The molecule has 1 rings (SSSR count). The maximum atomic E-state index is 12.1. The Bertz CT molecular complexity index is 503. The second kappa shape index (κ2) is 9.47. The molecule has 8 heteroatoms. The largest absolute Gasteiger partial charge is 0.481 e. The minimum Gasteiger partial charge on any atom is -0.481 e. The first-order chi connectivity index (χ1) is 10.4. The van der Waals surface area contributed by atoms with Crippen LogP contribution < -0.4 is 10.6 Å². The van der Waals surface area contributed by atoms with Gasteiger partial charge in [-0.2, -0.15) is 0 Å². The molecule has 22 heavy (non-hydrogen) atoms. The summed E-state index contributed by atoms with van der Waals surface area (Å²) in [6.45, 7) is 4.09. The highest BCUT2D eigenvalue weighted by atomic mass is 32.2. The molecule has 0 aliphatic carbocycles. The summed E-state index contributed by atoms with van der Waals surface area (Å²) in [5.41, 5.74) is 0. The normalized spacial score (nSPS) is 12.0. The smallest absolute Gasteiger partial charge is 0.313 e. The molecule has 1 aromatic rings. The molecule has 1 unspecified atom stereocenters. The summed E-state index contributed by atoms with van der Waals surface area (Å²) in [5.74, 6) is -0.907. The van der Waals surface area contributed by atoms with Crippen LogP contribution in [0.3, 0.4) is 0 Å². The molecule has 0 fully saturated rings. The summed E-state index contributed by atoms with van der Waals surface area (Å²) in [6, 6.07) is 2.88. The van der Waals surface area contributed by atoms with Crippen molar-refractivity contribution >= 4 is 40.9 Å². The highest BCUT2D eigenvalue weighted by molar-refractivity contribution is 7.99. The standard InChI is InChI=1S/C14H20N2O4S2/c1-9(2)12(16-13(19)10-4-3-6-22-10)14(20)15-5-7-21-8-11(17)18/h3-4,6,9,12H,5,7-8H2,1-2H3,(H,15,20)(H,16,19)(H,17,18). The topological polar surface area (TPSA) is 95.5 Å². The lowest BCUT2D eigenvalue weighted by molar-refractivity contribution is -0.133. The van der Waals surface area contributed by atoms with Crippen molar-refractivity contribution in [3.63, 3.8) is 0 Å². The highest BCUT2D eigenvalue weighted by Crippen LogP contribution is 2.10. The number of thiophene rings is 1. The number of hydrogen-bond donors (Lipinski definition) is 3. The molecule has 0 bridgehead atoms. The van der Waals surface area contributed by atoms with Crippen molar-refractivity contribution in [2.45, 2.75) is 19.9 Å². The molecule has 0 saturated heterocycles. The Morgan fingerprint density at radius 3 is 2.64 bits per heavy atom. The number of nitrogens with one attached hydrogen (secondary N) is 2. The van der Waals surface area contributed by atoms with Crippen LogP contribution in [-0.4, -0.2) is 47.0 Å². The molecule has 0 aliphatic heterocycles. The van der Waals surface area contributed by atoms with Crippen molar-refractivity contribution < 1.29 is 19.5 Å². The van der Waals surface area contributed by atoms with E-state index < -0.39 is 12.0 Å². The van der Waals surface area contributed by atoms with E-state index in [0.29, 0.717) is 17.2 Å². The van der Waals surface area contributed by atoms with Gasteiger partial charge in [0, 0.05) is 12.3 Å².